The summed E-state index contributed by atoms with van der Waals surface area (Å²) >= 11 is 5.75. The van der Waals surface area contributed by atoms with Crippen molar-refractivity contribution >= 4 is 35.2 Å². The molecule has 2 rings (SSSR count). The molecule has 0 aliphatic rings. The number of anilines is 1. The molecule has 2 aromatic rings. The van der Waals surface area contributed by atoms with Gasteiger partial charge in [-0.3, -0.25) is 4.79 Å². The number of carbonyl (C=O) groups is 2. The van der Waals surface area contributed by atoms with E-state index in [2.05, 4.69) is 10.1 Å². The van der Waals surface area contributed by atoms with Crippen LogP contribution >= 0.6 is 11.6 Å². The quantitative estimate of drug-likeness (QED) is 0.449. The van der Waals surface area contributed by atoms with Gasteiger partial charge in [0, 0.05) is 6.08 Å². The Morgan fingerprint density at radius 2 is 1.78 bits per heavy atom. The molecule has 27 heavy (non-hydrogen) atoms. The third-order valence-corrected chi connectivity index (χ3v) is 3.52. The second kappa shape index (κ2) is 8.68. The Bertz CT molecular complexity index is 864. The predicted molar refractivity (Wildman–Crippen MR) is 91.5 cm³/mol. The van der Waals surface area contributed by atoms with Crippen LogP contribution in [0, 0.1) is 5.82 Å². The van der Waals surface area contributed by atoms with Crippen LogP contribution in [0.1, 0.15) is 11.1 Å². The average Bonchev–Trinajstić information content (AvgIpc) is 2.60. The van der Waals surface area contributed by atoms with Crippen LogP contribution in [-0.2, 0) is 20.5 Å². The van der Waals surface area contributed by atoms with Crippen LogP contribution in [0.2, 0.25) is 5.02 Å². The van der Waals surface area contributed by atoms with Crippen molar-refractivity contribution in [3.8, 4) is 0 Å². The zero-order valence-corrected chi connectivity index (χ0v) is 14.3. The van der Waals surface area contributed by atoms with Gasteiger partial charge in [-0.2, -0.15) is 13.2 Å². The van der Waals surface area contributed by atoms with Gasteiger partial charge >= 0.3 is 12.1 Å². The van der Waals surface area contributed by atoms with Gasteiger partial charge in [-0.1, -0.05) is 23.7 Å². The van der Waals surface area contributed by atoms with Crippen LogP contribution in [0.4, 0.5) is 23.2 Å². The highest BCUT2D eigenvalue weighted by molar-refractivity contribution is 6.33. The highest BCUT2D eigenvalue weighted by atomic mass is 35.5. The van der Waals surface area contributed by atoms with Crippen LogP contribution in [0.3, 0.4) is 0 Å². The Balaban J connectivity index is 1.90. The second-order valence-corrected chi connectivity index (χ2v) is 5.64. The lowest BCUT2D eigenvalue weighted by atomic mass is 10.2. The summed E-state index contributed by atoms with van der Waals surface area (Å²) in [4.78, 5) is 23.3. The molecule has 142 valence electrons. The van der Waals surface area contributed by atoms with Gasteiger partial charge < -0.3 is 10.1 Å². The first-order chi connectivity index (χ1) is 12.6. The summed E-state index contributed by atoms with van der Waals surface area (Å²) in [7, 11) is 0. The topological polar surface area (TPSA) is 55.4 Å². The first-order valence-electron chi connectivity index (χ1n) is 7.42. The summed E-state index contributed by atoms with van der Waals surface area (Å²) in [6.07, 6.45) is -2.22. The molecule has 1 amide bonds. The van der Waals surface area contributed by atoms with E-state index in [0.717, 1.165) is 18.2 Å². The normalized spacial score (nSPS) is 11.4. The van der Waals surface area contributed by atoms with Crippen molar-refractivity contribution in [2.45, 2.75) is 6.18 Å². The molecule has 9 heteroatoms. The summed E-state index contributed by atoms with van der Waals surface area (Å²) in [6.45, 7) is -0.723. The zero-order valence-electron chi connectivity index (χ0n) is 13.5. The van der Waals surface area contributed by atoms with Crippen molar-refractivity contribution in [1.82, 2.24) is 0 Å². The van der Waals surface area contributed by atoms with Crippen molar-refractivity contribution in [1.29, 1.82) is 0 Å². The Morgan fingerprint density at radius 3 is 2.41 bits per heavy atom. The highest BCUT2D eigenvalue weighted by Gasteiger charge is 2.31. The first kappa shape index (κ1) is 20.4. The van der Waals surface area contributed by atoms with Crippen LogP contribution < -0.4 is 5.32 Å². The van der Waals surface area contributed by atoms with E-state index < -0.39 is 36.0 Å². The van der Waals surface area contributed by atoms with Crippen LogP contribution in [0.25, 0.3) is 6.08 Å². The highest BCUT2D eigenvalue weighted by Crippen LogP contribution is 2.33. The van der Waals surface area contributed by atoms with Gasteiger partial charge in [-0.15, -0.1) is 0 Å². The number of halogens is 5. The monoisotopic (exact) mass is 401 g/mol. The summed E-state index contributed by atoms with van der Waals surface area (Å²) in [5, 5.41) is 2.05. The van der Waals surface area contributed by atoms with Crippen LogP contribution in [0.15, 0.2) is 48.5 Å². The fourth-order valence-electron chi connectivity index (χ4n) is 1.91. The van der Waals surface area contributed by atoms with E-state index in [1.165, 1.54) is 30.3 Å². The van der Waals surface area contributed by atoms with E-state index in [1.807, 2.05) is 0 Å². The van der Waals surface area contributed by atoms with E-state index in [1.54, 1.807) is 0 Å². The Hall–Kier alpha value is -2.87. The SMILES string of the molecule is O=C(COC(=O)/C=C/c1ccc(F)cc1)Nc1cc(C(F)(F)F)ccc1Cl. The molecule has 0 aliphatic carbocycles. The van der Waals surface area contributed by atoms with Gasteiger partial charge in [0.15, 0.2) is 6.61 Å². The molecule has 0 unspecified atom stereocenters. The smallest absolute Gasteiger partial charge is 0.416 e. The van der Waals surface area contributed by atoms with E-state index in [4.69, 9.17) is 11.6 Å². The van der Waals surface area contributed by atoms with E-state index in [0.29, 0.717) is 11.6 Å². The van der Waals surface area contributed by atoms with Gasteiger partial charge in [0.25, 0.3) is 5.91 Å². The van der Waals surface area contributed by atoms with E-state index in [9.17, 15) is 27.2 Å². The van der Waals surface area contributed by atoms with Crippen molar-refractivity contribution in [2.24, 2.45) is 0 Å². The van der Waals surface area contributed by atoms with Gasteiger partial charge in [0.1, 0.15) is 5.82 Å². The lowest BCUT2D eigenvalue weighted by molar-refractivity contribution is -0.142. The maximum Gasteiger partial charge on any atom is 0.416 e. The number of carbonyl (C=O) groups excluding carboxylic acids is 2. The molecular weight excluding hydrogens is 390 g/mol. The first-order valence-corrected chi connectivity index (χ1v) is 7.80. The molecule has 0 saturated carbocycles. The molecule has 0 aromatic heterocycles. The Kier molecular flexibility index (Phi) is 6.57. The predicted octanol–water partition coefficient (Wildman–Crippen LogP) is 4.69. The molecule has 0 radical (unpaired) electrons. The van der Waals surface area contributed by atoms with Gasteiger partial charge in [-0.05, 0) is 42.0 Å². The van der Waals surface area contributed by atoms with Crippen LogP contribution in [-0.4, -0.2) is 18.5 Å². The third kappa shape index (κ3) is 6.41. The minimum absolute atomic E-state index is 0.0983. The van der Waals surface area contributed by atoms with Crippen molar-refractivity contribution in [3.63, 3.8) is 0 Å². The number of benzene rings is 2. The number of rotatable bonds is 5. The molecule has 2 aromatic carbocycles. The molecule has 0 spiro atoms. The molecule has 0 fully saturated rings. The molecule has 4 nitrogen and oxygen atoms in total. The number of alkyl halides is 3. The minimum Gasteiger partial charge on any atom is -0.452 e. The fraction of sp³-hybridized carbons (Fsp3) is 0.111. The molecule has 0 bridgehead atoms. The minimum atomic E-state index is -4.60. The number of hydrogen-bond acceptors (Lipinski definition) is 3. The summed E-state index contributed by atoms with van der Waals surface area (Å²) in [6, 6.07) is 7.73. The van der Waals surface area contributed by atoms with Crippen molar-refractivity contribution < 1.29 is 31.9 Å². The molecule has 1 N–H and O–H groups in total. The van der Waals surface area contributed by atoms with Gasteiger partial charge in [0.05, 0.1) is 16.3 Å². The number of amides is 1. The molecule has 0 saturated heterocycles. The van der Waals surface area contributed by atoms with Gasteiger partial charge in [0.2, 0.25) is 0 Å². The van der Waals surface area contributed by atoms with E-state index >= 15 is 0 Å². The summed E-state index contributed by atoms with van der Waals surface area (Å²) in [5.74, 6) is -2.15. The summed E-state index contributed by atoms with van der Waals surface area (Å²) in [5.41, 5.74) is -0.704. The standard InChI is InChI=1S/C18H12ClF4NO3/c19-14-7-4-12(18(21,22)23)9-15(14)24-16(25)10-27-17(26)8-3-11-1-5-13(20)6-2-11/h1-9H,10H2,(H,24,25)/b8-3+. The zero-order chi connectivity index (χ0) is 20.0. The maximum absolute atomic E-state index is 12.8. The molecule has 0 aliphatic heterocycles. The van der Waals surface area contributed by atoms with Crippen LogP contribution in [0.5, 0.6) is 0 Å². The fourth-order valence-corrected chi connectivity index (χ4v) is 2.07. The Morgan fingerprint density at radius 1 is 1.11 bits per heavy atom. The molecule has 0 heterocycles. The largest absolute Gasteiger partial charge is 0.452 e. The number of nitrogens with one attached hydrogen (secondary N) is 1. The molecular formula is C18H12ClF4NO3. The molecule has 0 atom stereocenters. The Labute approximate surface area is 156 Å². The second-order valence-electron chi connectivity index (χ2n) is 5.23. The van der Waals surface area contributed by atoms with Gasteiger partial charge in [-0.25, -0.2) is 9.18 Å². The number of hydrogen-bond donors (Lipinski definition) is 1. The third-order valence-electron chi connectivity index (χ3n) is 3.20. The number of esters is 1. The van der Waals surface area contributed by atoms with E-state index in [-0.39, 0.29) is 10.7 Å². The summed E-state index contributed by atoms with van der Waals surface area (Å²) < 4.78 is 55.5. The van der Waals surface area contributed by atoms with Crippen molar-refractivity contribution in [3.05, 3.63) is 70.5 Å². The average molecular weight is 402 g/mol. The van der Waals surface area contributed by atoms with Crippen molar-refractivity contribution in [2.75, 3.05) is 11.9 Å². The maximum atomic E-state index is 12.8. The lowest BCUT2D eigenvalue weighted by Crippen LogP contribution is -2.20. The lowest BCUT2D eigenvalue weighted by Gasteiger charge is -2.11. The number of ether oxygens (including phenoxy) is 1.